The van der Waals surface area contributed by atoms with Gasteiger partial charge in [0.1, 0.15) is 0 Å². The van der Waals surface area contributed by atoms with Crippen molar-refractivity contribution >= 4 is 11.6 Å². The molecule has 0 aromatic heterocycles. The highest BCUT2D eigenvalue weighted by Crippen LogP contribution is 2.44. The molecule has 0 unspecified atom stereocenters. The van der Waals surface area contributed by atoms with Crippen LogP contribution in [0.15, 0.2) is 18.2 Å². The highest BCUT2D eigenvalue weighted by atomic mass is 16.6. The van der Waals surface area contributed by atoms with Crippen LogP contribution in [0.5, 0.6) is 0 Å². The van der Waals surface area contributed by atoms with Crippen LogP contribution in [0.25, 0.3) is 0 Å². The van der Waals surface area contributed by atoms with Crippen LogP contribution < -0.4 is 11.1 Å². The predicted octanol–water partition coefficient (Wildman–Crippen LogP) is 1.26. The SMILES string of the molecule is Cc1c(CNC(=O)C2(CN)CC2)cccc1[N+](=O)[O-]. The highest BCUT2D eigenvalue weighted by molar-refractivity contribution is 5.85. The first-order valence-corrected chi connectivity index (χ1v) is 6.21. The average molecular weight is 263 g/mol. The molecule has 1 fully saturated rings. The van der Waals surface area contributed by atoms with Crippen LogP contribution in [0.3, 0.4) is 0 Å². The maximum atomic E-state index is 11.9. The number of nitrogens with two attached hydrogens (primary N) is 1. The number of hydrogen-bond acceptors (Lipinski definition) is 4. The van der Waals surface area contributed by atoms with Gasteiger partial charge < -0.3 is 11.1 Å². The predicted molar refractivity (Wildman–Crippen MR) is 70.4 cm³/mol. The zero-order valence-electron chi connectivity index (χ0n) is 10.8. The second-order valence-corrected chi connectivity index (χ2v) is 4.99. The van der Waals surface area contributed by atoms with E-state index in [-0.39, 0.29) is 11.6 Å². The summed E-state index contributed by atoms with van der Waals surface area (Å²) in [6, 6.07) is 4.87. The van der Waals surface area contributed by atoms with Crippen LogP contribution >= 0.6 is 0 Å². The molecular formula is C13H17N3O3. The molecule has 102 valence electrons. The van der Waals surface area contributed by atoms with Crippen LogP contribution in [0.2, 0.25) is 0 Å². The third-order valence-corrected chi connectivity index (χ3v) is 3.78. The molecule has 2 rings (SSSR count). The Bertz CT molecular complexity index is 524. The Balaban J connectivity index is 2.06. The molecule has 1 aromatic carbocycles. The van der Waals surface area contributed by atoms with Crippen LogP contribution in [0, 0.1) is 22.5 Å². The minimum Gasteiger partial charge on any atom is -0.351 e. The van der Waals surface area contributed by atoms with Crippen LogP contribution in [-0.2, 0) is 11.3 Å². The summed E-state index contributed by atoms with van der Waals surface area (Å²) in [5.74, 6) is -0.0547. The first-order valence-electron chi connectivity index (χ1n) is 6.21. The van der Waals surface area contributed by atoms with E-state index in [2.05, 4.69) is 5.32 Å². The van der Waals surface area contributed by atoms with Crippen molar-refractivity contribution in [2.75, 3.05) is 6.54 Å². The van der Waals surface area contributed by atoms with E-state index in [0.717, 1.165) is 18.4 Å². The molecule has 3 N–H and O–H groups in total. The number of carbonyl (C=O) groups excluding carboxylic acids is 1. The molecule has 0 aliphatic heterocycles. The van der Waals surface area contributed by atoms with Crippen molar-refractivity contribution in [2.45, 2.75) is 26.3 Å². The van der Waals surface area contributed by atoms with Crippen LogP contribution in [0.1, 0.15) is 24.0 Å². The molecule has 0 radical (unpaired) electrons. The van der Waals surface area contributed by atoms with Gasteiger partial charge in [0.05, 0.1) is 10.3 Å². The molecular weight excluding hydrogens is 246 g/mol. The van der Waals surface area contributed by atoms with Gasteiger partial charge >= 0.3 is 0 Å². The number of rotatable bonds is 5. The Kier molecular flexibility index (Phi) is 3.53. The lowest BCUT2D eigenvalue weighted by Gasteiger charge is -2.13. The number of amides is 1. The van der Waals surface area contributed by atoms with Gasteiger partial charge in [0.2, 0.25) is 5.91 Å². The van der Waals surface area contributed by atoms with Crippen molar-refractivity contribution in [3.63, 3.8) is 0 Å². The molecule has 0 saturated heterocycles. The van der Waals surface area contributed by atoms with E-state index >= 15 is 0 Å². The third kappa shape index (κ3) is 2.58. The fourth-order valence-electron chi connectivity index (χ4n) is 2.10. The molecule has 1 aliphatic rings. The minimum absolute atomic E-state index is 0.0547. The standard InChI is InChI=1S/C13H17N3O3/c1-9-10(3-2-4-11(9)16(18)19)7-15-12(17)13(8-14)5-6-13/h2-4H,5-8,14H2,1H3,(H,15,17). The summed E-state index contributed by atoms with van der Waals surface area (Å²) in [5, 5.41) is 13.6. The summed E-state index contributed by atoms with van der Waals surface area (Å²) in [4.78, 5) is 22.4. The zero-order valence-corrected chi connectivity index (χ0v) is 10.8. The number of nitrogens with one attached hydrogen (secondary N) is 1. The number of benzene rings is 1. The fourth-order valence-corrected chi connectivity index (χ4v) is 2.10. The van der Waals surface area contributed by atoms with Gasteiger partial charge in [0.25, 0.3) is 5.69 Å². The Hall–Kier alpha value is -1.95. The topological polar surface area (TPSA) is 98.3 Å². The molecule has 1 saturated carbocycles. The summed E-state index contributed by atoms with van der Waals surface area (Å²) >= 11 is 0. The first-order chi connectivity index (χ1) is 9.00. The van der Waals surface area contributed by atoms with Crippen molar-refractivity contribution < 1.29 is 9.72 Å². The van der Waals surface area contributed by atoms with E-state index in [9.17, 15) is 14.9 Å². The first kappa shape index (κ1) is 13.5. The molecule has 1 aliphatic carbocycles. The third-order valence-electron chi connectivity index (χ3n) is 3.78. The van der Waals surface area contributed by atoms with E-state index < -0.39 is 10.3 Å². The molecule has 0 heterocycles. The summed E-state index contributed by atoms with van der Waals surface area (Å²) in [5.41, 5.74) is 6.61. The Morgan fingerprint density at radius 2 is 2.21 bits per heavy atom. The average Bonchev–Trinajstić information content (AvgIpc) is 3.18. The molecule has 1 amide bonds. The molecule has 6 heteroatoms. The number of hydrogen-bond donors (Lipinski definition) is 2. The molecule has 1 aromatic rings. The second-order valence-electron chi connectivity index (χ2n) is 4.99. The smallest absolute Gasteiger partial charge is 0.272 e. The van der Waals surface area contributed by atoms with E-state index in [0.29, 0.717) is 18.7 Å². The van der Waals surface area contributed by atoms with Gasteiger partial charge in [-0.05, 0) is 25.3 Å². The van der Waals surface area contributed by atoms with Gasteiger partial charge in [-0.1, -0.05) is 12.1 Å². The molecule has 0 spiro atoms. The monoisotopic (exact) mass is 263 g/mol. The Morgan fingerprint density at radius 3 is 2.74 bits per heavy atom. The molecule has 0 bridgehead atoms. The summed E-state index contributed by atoms with van der Waals surface area (Å²) in [6.45, 7) is 2.34. The molecule has 19 heavy (non-hydrogen) atoms. The second kappa shape index (κ2) is 4.97. The molecule has 0 atom stereocenters. The van der Waals surface area contributed by atoms with Crippen LogP contribution in [0.4, 0.5) is 5.69 Å². The lowest BCUT2D eigenvalue weighted by molar-refractivity contribution is -0.385. The molecule has 6 nitrogen and oxygen atoms in total. The maximum Gasteiger partial charge on any atom is 0.272 e. The van der Waals surface area contributed by atoms with E-state index in [1.165, 1.54) is 6.07 Å². The summed E-state index contributed by atoms with van der Waals surface area (Å²) in [6.07, 6.45) is 1.65. The van der Waals surface area contributed by atoms with Gasteiger partial charge in [-0.15, -0.1) is 0 Å². The van der Waals surface area contributed by atoms with E-state index in [1.807, 2.05) is 0 Å². The number of carbonyl (C=O) groups is 1. The lowest BCUT2D eigenvalue weighted by Crippen LogP contribution is -2.36. The van der Waals surface area contributed by atoms with Gasteiger partial charge in [0.15, 0.2) is 0 Å². The number of nitro groups is 1. The number of nitrogens with zero attached hydrogens (tertiary/aromatic N) is 1. The zero-order chi connectivity index (χ0) is 14.0. The van der Waals surface area contributed by atoms with Gasteiger partial charge in [0, 0.05) is 24.7 Å². The normalized spacial score (nSPS) is 15.9. The van der Waals surface area contributed by atoms with Crippen molar-refractivity contribution in [2.24, 2.45) is 11.1 Å². The quantitative estimate of drug-likeness (QED) is 0.617. The van der Waals surface area contributed by atoms with Gasteiger partial charge in [-0.3, -0.25) is 14.9 Å². The Morgan fingerprint density at radius 1 is 1.53 bits per heavy atom. The van der Waals surface area contributed by atoms with Crippen molar-refractivity contribution in [3.05, 3.63) is 39.4 Å². The number of nitro benzene ring substituents is 1. The highest BCUT2D eigenvalue weighted by Gasteiger charge is 2.48. The van der Waals surface area contributed by atoms with Gasteiger partial charge in [-0.2, -0.15) is 0 Å². The summed E-state index contributed by atoms with van der Waals surface area (Å²) in [7, 11) is 0. The largest absolute Gasteiger partial charge is 0.351 e. The lowest BCUT2D eigenvalue weighted by atomic mass is 10.0. The van der Waals surface area contributed by atoms with Crippen molar-refractivity contribution in [1.29, 1.82) is 0 Å². The summed E-state index contributed by atoms with van der Waals surface area (Å²) < 4.78 is 0. The maximum absolute atomic E-state index is 11.9. The van der Waals surface area contributed by atoms with Crippen LogP contribution in [-0.4, -0.2) is 17.4 Å². The fraction of sp³-hybridized carbons (Fsp3) is 0.462. The van der Waals surface area contributed by atoms with Crippen molar-refractivity contribution in [1.82, 2.24) is 5.32 Å². The van der Waals surface area contributed by atoms with E-state index in [1.54, 1.807) is 19.1 Å². The van der Waals surface area contributed by atoms with E-state index in [4.69, 9.17) is 5.73 Å². The Labute approximate surface area is 111 Å². The minimum atomic E-state index is -0.414. The van der Waals surface area contributed by atoms with Crippen molar-refractivity contribution in [3.8, 4) is 0 Å². The van der Waals surface area contributed by atoms with Gasteiger partial charge in [-0.25, -0.2) is 0 Å².